The third-order valence-corrected chi connectivity index (χ3v) is 4.66. The number of aryl methyl sites for hydroxylation is 1. The number of nitrogens with zero attached hydrogens (tertiary/aromatic N) is 2. The van der Waals surface area contributed by atoms with E-state index in [4.69, 9.17) is 0 Å². The van der Waals surface area contributed by atoms with Gasteiger partial charge in [-0.3, -0.25) is 5.32 Å². The van der Waals surface area contributed by atoms with Crippen LogP contribution in [0.1, 0.15) is 23.0 Å². The van der Waals surface area contributed by atoms with E-state index in [0.29, 0.717) is 0 Å². The van der Waals surface area contributed by atoms with Crippen molar-refractivity contribution in [3.05, 3.63) is 83.9 Å². The number of thioether (sulfide) groups is 1. The molecule has 1 atom stereocenters. The average molecular weight is 323 g/mol. The molecule has 1 unspecified atom stereocenters. The number of benzene rings is 2. The van der Waals surface area contributed by atoms with E-state index in [1.807, 2.05) is 25.5 Å². The van der Waals surface area contributed by atoms with E-state index < -0.39 is 0 Å². The molecule has 3 nitrogen and oxygen atoms in total. The zero-order valence-electron chi connectivity index (χ0n) is 13.4. The first kappa shape index (κ1) is 15.8. The minimum Gasteiger partial charge on any atom is -0.336 e. The highest BCUT2D eigenvalue weighted by molar-refractivity contribution is 7.98. The van der Waals surface area contributed by atoms with Crippen molar-refractivity contribution in [2.24, 2.45) is 7.05 Å². The van der Waals surface area contributed by atoms with Crippen molar-refractivity contribution in [3.8, 4) is 0 Å². The summed E-state index contributed by atoms with van der Waals surface area (Å²) in [5.41, 5.74) is 2.50. The molecule has 1 heterocycles. The molecule has 118 valence electrons. The van der Waals surface area contributed by atoms with Gasteiger partial charge in [0.05, 0.1) is 6.04 Å². The van der Waals surface area contributed by atoms with Gasteiger partial charge in [-0.15, -0.1) is 11.8 Å². The Morgan fingerprint density at radius 1 is 1.09 bits per heavy atom. The Labute approximate surface area is 141 Å². The van der Waals surface area contributed by atoms with Gasteiger partial charge >= 0.3 is 0 Å². The Morgan fingerprint density at radius 3 is 2.43 bits per heavy atom. The smallest absolute Gasteiger partial charge is 0.130 e. The molecule has 0 aliphatic rings. The number of imidazole rings is 1. The Balaban J connectivity index is 1.80. The second-order valence-electron chi connectivity index (χ2n) is 5.47. The molecular weight excluding hydrogens is 302 g/mol. The molecular formula is C19H21N3S. The van der Waals surface area contributed by atoms with Gasteiger partial charge in [-0.2, -0.15) is 0 Å². The van der Waals surface area contributed by atoms with Gasteiger partial charge in [-0.1, -0.05) is 42.5 Å². The first-order valence-corrected chi connectivity index (χ1v) is 8.89. The van der Waals surface area contributed by atoms with Crippen molar-refractivity contribution in [1.82, 2.24) is 14.9 Å². The first-order valence-electron chi connectivity index (χ1n) is 7.66. The fourth-order valence-electron chi connectivity index (χ4n) is 2.62. The van der Waals surface area contributed by atoms with E-state index in [-0.39, 0.29) is 6.04 Å². The average Bonchev–Trinajstić information content (AvgIpc) is 3.03. The van der Waals surface area contributed by atoms with Crippen molar-refractivity contribution < 1.29 is 0 Å². The van der Waals surface area contributed by atoms with Crippen LogP contribution < -0.4 is 5.32 Å². The molecule has 4 heteroatoms. The maximum Gasteiger partial charge on any atom is 0.130 e. The lowest BCUT2D eigenvalue weighted by molar-refractivity contribution is 0.558. The van der Waals surface area contributed by atoms with Crippen LogP contribution in [-0.4, -0.2) is 15.8 Å². The molecule has 2 aromatic carbocycles. The number of hydrogen-bond donors (Lipinski definition) is 1. The fraction of sp³-hybridized carbons (Fsp3) is 0.211. The highest BCUT2D eigenvalue weighted by Gasteiger charge is 2.17. The van der Waals surface area contributed by atoms with Crippen LogP contribution in [0.2, 0.25) is 0 Å². The second kappa shape index (κ2) is 7.49. The van der Waals surface area contributed by atoms with Gasteiger partial charge in [0.1, 0.15) is 5.82 Å². The first-order chi connectivity index (χ1) is 11.3. The van der Waals surface area contributed by atoms with Crippen LogP contribution >= 0.6 is 11.8 Å². The summed E-state index contributed by atoms with van der Waals surface area (Å²) in [6, 6.07) is 19.2. The molecule has 0 radical (unpaired) electrons. The number of hydrogen-bond acceptors (Lipinski definition) is 3. The highest BCUT2D eigenvalue weighted by atomic mass is 32.2. The van der Waals surface area contributed by atoms with Crippen molar-refractivity contribution in [3.63, 3.8) is 0 Å². The molecule has 0 bridgehead atoms. The summed E-state index contributed by atoms with van der Waals surface area (Å²) >= 11 is 1.77. The van der Waals surface area contributed by atoms with E-state index in [1.165, 1.54) is 16.0 Å². The maximum absolute atomic E-state index is 4.53. The van der Waals surface area contributed by atoms with Crippen molar-refractivity contribution in [1.29, 1.82) is 0 Å². The standard InChI is InChI=1S/C19H21N3S/c1-22-13-12-20-19(22)18(16-6-4-3-5-7-16)21-14-15-8-10-17(23-2)11-9-15/h3-13,18,21H,14H2,1-2H3. The number of aromatic nitrogens is 2. The van der Waals surface area contributed by atoms with E-state index in [1.54, 1.807) is 11.8 Å². The summed E-state index contributed by atoms with van der Waals surface area (Å²) in [7, 11) is 2.03. The van der Waals surface area contributed by atoms with Crippen LogP contribution in [0.4, 0.5) is 0 Å². The summed E-state index contributed by atoms with van der Waals surface area (Å²) in [6.07, 6.45) is 5.93. The van der Waals surface area contributed by atoms with Crippen molar-refractivity contribution in [2.45, 2.75) is 17.5 Å². The normalized spacial score (nSPS) is 12.3. The highest BCUT2D eigenvalue weighted by Crippen LogP contribution is 2.21. The molecule has 1 N–H and O–H groups in total. The second-order valence-corrected chi connectivity index (χ2v) is 6.35. The summed E-state index contributed by atoms with van der Waals surface area (Å²) in [6.45, 7) is 0.807. The molecule has 3 rings (SSSR count). The van der Waals surface area contributed by atoms with Gasteiger partial charge < -0.3 is 4.57 Å². The van der Waals surface area contributed by atoms with Gasteiger partial charge in [-0.05, 0) is 29.5 Å². The maximum atomic E-state index is 4.53. The molecule has 3 aromatic rings. The van der Waals surface area contributed by atoms with Gasteiger partial charge in [0.15, 0.2) is 0 Å². The van der Waals surface area contributed by atoms with Crippen molar-refractivity contribution in [2.75, 3.05) is 6.26 Å². The Bertz CT molecular complexity index is 735. The Morgan fingerprint density at radius 2 is 1.83 bits per heavy atom. The minimum absolute atomic E-state index is 0.0800. The molecule has 0 spiro atoms. The summed E-state index contributed by atoms with van der Waals surface area (Å²) in [5.74, 6) is 1.02. The van der Waals surface area contributed by atoms with Gasteiger partial charge in [0, 0.05) is 30.9 Å². The molecule has 0 aliphatic carbocycles. The lowest BCUT2D eigenvalue weighted by Crippen LogP contribution is -2.24. The molecule has 23 heavy (non-hydrogen) atoms. The predicted octanol–water partition coefficient (Wildman–Crippen LogP) is 4.02. The molecule has 0 aliphatic heterocycles. The summed E-state index contributed by atoms with van der Waals surface area (Å²) in [4.78, 5) is 5.82. The molecule has 0 saturated heterocycles. The number of rotatable bonds is 6. The lowest BCUT2D eigenvalue weighted by Gasteiger charge is -2.19. The zero-order valence-corrected chi connectivity index (χ0v) is 14.3. The third kappa shape index (κ3) is 3.84. The minimum atomic E-state index is 0.0800. The summed E-state index contributed by atoms with van der Waals surface area (Å²) in [5, 5.41) is 3.64. The van der Waals surface area contributed by atoms with Crippen molar-refractivity contribution >= 4 is 11.8 Å². The molecule has 1 aromatic heterocycles. The van der Waals surface area contributed by atoms with E-state index >= 15 is 0 Å². The van der Waals surface area contributed by atoms with Gasteiger partial charge in [0.2, 0.25) is 0 Å². The molecule has 0 amide bonds. The van der Waals surface area contributed by atoms with E-state index in [9.17, 15) is 0 Å². The lowest BCUT2D eigenvalue weighted by atomic mass is 10.1. The van der Waals surface area contributed by atoms with Gasteiger partial charge in [0.25, 0.3) is 0 Å². The monoisotopic (exact) mass is 323 g/mol. The van der Waals surface area contributed by atoms with Crippen LogP contribution in [0, 0.1) is 0 Å². The Kier molecular flexibility index (Phi) is 5.16. The SMILES string of the molecule is CSc1ccc(CNC(c2ccccc2)c2nccn2C)cc1. The van der Waals surface area contributed by atoms with E-state index in [0.717, 1.165) is 12.4 Å². The fourth-order valence-corrected chi connectivity index (χ4v) is 3.03. The number of nitrogens with one attached hydrogen (secondary N) is 1. The Hall–Kier alpha value is -2.04. The molecule has 0 fully saturated rings. The third-order valence-electron chi connectivity index (χ3n) is 3.92. The topological polar surface area (TPSA) is 29.9 Å². The van der Waals surface area contributed by atoms with Crippen LogP contribution in [0.15, 0.2) is 71.9 Å². The quantitative estimate of drug-likeness (QED) is 0.695. The predicted molar refractivity (Wildman–Crippen MR) is 96.6 cm³/mol. The summed E-state index contributed by atoms with van der Waals surface area (Å²) < 4.78 is 2.07. The zero-order chi connectivity index (χ0) is 16.1. The van der Waals surface area contributed by atoms with Crippen LogP contribution in [0.5, 0.6) is 0 Å². The van der Waals surface area contributed by atoms with Crippen LogP contribution in [0.3, 0.4) is 0 Å². The van der Waals surface area contributed by atoms with E-state index in [2.05, 4.69) is 69.7 Å². The van der Waals surface area contributed by atoms with Crippen LogP contribution in [-0.2, 0) is 13.6 Å². The van der Waals surface area contributed by atoms with Crippen LogP contribution in [0.25, 0.3) is 0 Å². The van der Waals surface area contributed by atoms with Gasteiger partial charge in [-0.25, -0.2) is 4.98 Å². The molecule has 0 saturated carbocycles. The largest absolute Gasteiger partial charge is 0.336 e.